The Morgan fingerprint density at radius 2 is 1.50 bits per heavy atom. The average molecular weight is 361 g/mol. The largest absolute Gasteiger partial charge is 0.341 e. The molecule has 0 saturated heterocycles. The molecule has 0 N–H and O–H groups in total. The Bertz CT molecular complexity index is 439. The van der Waals surface area contributed by atoms with Crippen molar-refractivity contribution in [2.24, 2.45) is 0 Å². The monoisotopic (exact) mass is 359 g/mol. The topological polar surface area (TPSA) is 45.2 Å². The van der Waals surface area contributed by atoms with Gasteiger partial charge in [-0.15, -0.1) is 11.6 Å². The van der Waals surface area contributed by atoms with Crippen molar-refractivity contribution in [3.63, 3.8) is 0 Å². The van der Waals surface area contributed by atoms with Gasteiger partial charge < -0.3 is 9.80 Å². The van der Waals surface area contributed by atoms with Gasteiger partial charge in [0.25, 0.3) is 0 Å². The number of hydrogen-bond acceptors (Lipinski definition) is 5. The third-order valence-corrected chi connectivity index (χ3v) is 4.25. The predicted molar refractivity (Wildman–Crippen MR) is 86.6 cm³/mol. The molecule has 0 spiro atoms. The highest BCUT2D eigenvalue weighted by Crippen LogP contribution is 2.31. The molecule has 5 nitrogen and oxygen atoms in total. The van der Waals surface area contributed by atoms with Gasteiger partial charge in [-0.05, 0) is 32.4 Å². The van der Waals surface area contributed by atoms with Gasteiger partial charge in [0.05, 0.1) is 5.88 Å². The maximum Gasteiger partial charge on any atom is 0.233 e. The number of nitrogens with zero attached hydrogens (tertiary/aromatic N) is 5. The molecule has 0 bridgehead atoms. The molecule has 1 heterocycles. The fourth-order valence-electron chi connectivity index (χ4n) is 1.69. The van der Waals surface area contributed by atoms with Crippen molar-refractivity contribution < 1.29 is 0 Å². The highest BCUT2D eigenvalue weighted by Gasteiger charge is 2.33. The highest BCUT2D eigenvalue weighted by molar-refractivity contribution is 6.52. The van der Waals surface area contributed by atoms with Crippen LogP contribution in [0.4, 0.5) is 11.9 Å². The molecule has 20 heavy (non-hydrogen) atoms. The first-order valence-electron chi connectivity index (χ1n) is 6.27. The number of halogens is 4. The molecule has 0 aliphatic carbocycles. The Kier molecular flexibility index (Phi) is 6.85. The molecule has 1 rings (SSSR count). The molecule has 0 fully saturated rings. The molecule has 114 valence electrons. The second kappa shape index (κ2) is 7.69. The van der Waals surface area contributed by atoms with E-state index >= 15 is 0 Å². The lowest BCUT2D eigenvalue weighted by Gasteiger charge is -2.32. The summed E-state index contributed by atoms with van der Waals surface area (Å²) in [5.74, 6) is 0.802. The summed E-state index contributed by atoms with van der Waals surface area (Å²) in [5, 5.41) is 0.0917. The third-order valence-electron chi connectivity index (χ3n) is 2.74. The fourth-order valence-corrected chi connectivity index (χ4v) is 2.37. The van der Waals surface area contributed by atoms with Gasteiger partial charge in [-0.25, -0.2) is 0 Å². The smallest absolute Gasteiger partial charge is 0.233 e. The number of rotatable bonds is 7. The van der Waals surface area contributed by atoms with E-state index in [-0.39, 0.29) is 11.2 Å². The van der Waals surface area contributed by atoms with E-state index in [2.05, 4.69) is 15.0 Å². The van der Waals surface area contributed by atoms with Crippen molar-refractivity contribution in [1.82, 2.24) is 15.0 Å². The van der Waals surface area contributed by atoms with Gasteiger partial charge in [0.15, 0.2) is 0 Å². The zero-order chi connectivity index (χ0) is 15.3. The lowest BCUT2D eigenvalue weighted by atomic mass is 10.5. The normalized spacial score (nSPS) is 11.6. The van der Waals surface area contributed by atoms with E-state index in [9.17, 15) is 0 Å². The summed E-state index contributed by atoms with van der Waals surface area (Å²) < 4.78 is -1.30. The summed E-state index contributed by atoms with van der Waals surface area (Å²) in [6.45, 7) is 7.88. The molecule has 0 aliphatic heterocycles. The zero-order valence-corrected chi connectivity index (χ0v) is 14.6. The summed E-state index contributed by atoms with van der Waals surface area (Å²) in [6.07, 6.45) is 0. The molecule has 1 aromatic heterocycles. The molecule has 0 saturated carbocycles. The number of alkyl halides is 3. The lowest BCUT2D eigenvalue weighted by Crippen LogP contribution is -2.42. The van der Waals surface area contributed by atoms with E-state index < -0.39 is 4.46 Å². The quantitative estimate of drug-likeness (QED) is 0.549. The number of anilines is 2. The van der Waals surface area contributed by atoms with Crippen LogP contribution in [0.25, 0.3) is 0 Å². The van der Waals surface area contributed by atoms with Gasteiger partial charge in [0.1, 0.15) is 0 Å². The van der Waals surface area contributed by atoms with Crippen molar-refractivity contribution in [2.45, 2.75) is 25.2 Å². The summed E-state index contributed by atoms with van der Waals surface area (Å²) in [6, 6.07) is 0. The molecular formula is C11H17Cl4N5. The summed E-state index contributed by atoms with van der Waals surface area (Å²) >= 11 is 24.1. The van der Waals surface area contributed by atoms with Crippen LogP contribution in [-0.4, -0.2) is 44.9 Å². The SMILES string of the molecule is CCN(CC)c1nc(Cl)nc(N(CC)C(Cl)(Cl)CCl)n1. The lowest BCUT2D eigenvalue weighted by molar-refractivity contribution is 0.720. The van der Waals surface area contributed by atoms with Crippen LogP contribution in [0.15, 0.2) is 0 Å². The second-order valence-corrected chi connectivity index (χ2v) is 5.97. The van der Waals surface area contributed by atoms with E-state index in [1.54, 1.807) is 4.90 Å². The summed E-state index contributed by atoms with van der Waals surface area (Å²) in [4.78, 5) is 16.1. The molecule has 0 radical (unpaired) electrons. The Morgan fingerprint density at radius 3 is 1.95 bits per heavy atom. The molecule has 0 aromatic carbocycles. The molecule has 9 heteroatoms. The zero-order valence-electron chi connectivity index (χ0n) is 11.6. The Hall–Kier alpha value is -0.230. The first kappa shape index (κ1) is 17.8. The maximum absolute atomic E-state index is 6.18. The van der Waals surface area contributed by atoms with E-state index in [0.717, 1.165) is 13.1 Å². The molecule has 1 aromatic rings. The van der Waals surface area contributed by atoms with Crippen LogP contribution in [0.3, 0.4) is 0 Å². The molecule has 0 amide bonds. The third kappa shape index (κ3) is 4.13. The van der Waals surface area contributed by atoms with Crippen LogP contribution in [0, 0.1) is 0 Å². The van der Waals surface area contributed by atoms with Crippen molar-refractivity contribution in [3.8, 4) is 0 Å². The standard InChI is InChI=1S/C11H17Cl4N5/c1-4-19(5-2)9-16-8(13)17-10(18-9)20(6-3)11(14,15)7-12/h4-7H2,1-3H3. The minimum Gasteiger partial charge on any atom is -0.341 e. The van der Waals surface area contributed by atoms with Crippen molar-refractivity contribution in [3.05, 3.63) is 5.28 Å². The summed E-state index contributed by atoms with van der Waals surface area (Å²) in [5.41, 5.74) is 0. The minimum absolute atomic E-state index is 0.00779. The number of hydrogen-bond donors (Lipinski definition) is 0. The van der Waals surface area contributed by atoms with Gasteiger partial charge >= 0.3 is 0 Å². The molecule has 0 aliphatic rings. The van der Waals surface area contributed by atoms with Crippen LogP contribution in [-0.2, 0) is 0 Å². The van der Waals surface area contributed by atoms with Gasteiger partial charge in [-0.1, -0.05) is 23.2 Å². The van der Waals surface area contributed by atoms with Crippen LogP contribution in [0.5, 0.6) is 0 Å². The second-order valence-electron chi connectivity index (χ2n) is 3.92. The first-order chi connectivity index (χ1) is 9.39. The molecular weight excluding hydrogens is 344 g/mol. The first-order valence-corrected chi connectivity index (χ1v) is 7.94. The van der Waals surface area contributed by atoms with Gasteiger partial charge in [-0.2, -0.15) is 15.0 Å². The van der Waals surface area contributed by atoms with Gasteiger partial charge in [0.2, 0.25) is 21.6 Å². The Balaban J connectivity index is 3.24. The Morgan fingerprint density at radius 1 is 0.950 bits per heavy atom. The maximum atomic E-state index is 6.18. The van der Waals surface area contributed by atoms with E-state index in [4.69, 9.17) is 46.4 Å². The van der Waals surface area contributed by atoms with Gasteiger partial charge in [0, 0.05) is 19.6 Å². The van der Waals surface area contributed by atoms with E-state index in [1.807, 2.05) is 25.7 Å². The van der Waals surface area contributed by atoms with Gasteiger partial charge in [-0.3, -0.25) is 0 Å². The molecule has 0 unspecified atom stereocenters. The van der Waals surface area contributed by atoms with E-state index in [0.29, 0.717) is 18.4 Å². The van der Waals surface area contributed by atoms with Crippen molar-refractivity contribution in [2.75, 3.05) is 35.3 Å². The van der Waals surface area contributed by atoms with Crippen LogP contribution >= 0.6 is 46.4 Å². The number of aromatic nitrogens is 3. The summed E-state index contributed by atoms with van der Waals surface area (Å²) in [7, 11) is 0. The van der Waals surface area contributed by atoms with E-state index in [1.165, 1.54) is 0 Å². The predicted octanol–water partition coefficient (Wildman–Crippen LogP) is 3.57. The van der Waals surface area contributed by atoms with Crippen LogP contribution in [0.1, 0.15) is 20.8 Å². The van der Waals surface area contributed by atoms with Crippen LogP contribution in [0.2, 0.25) is 5.28 Å². The van der Waals surface area contributed by atoms with Crippen molar-refractivity contribution >= 4 is 58.3 Å². The van der Waals surface area contributed by atoms with Crippen LogP contribution < -0.4 is 9.80 Å². The van der Waals surface area contributed by atoms with Crippen molar-refractivity contribution in [1.29, 1.82) is 0 Å². The average Bonchev–Trinajstić information content (AvgIpc) is 2.40. The molecule has 0 atom stereocenters. The Labute approximate surface area is 139 Å². The fraction of sp³-hybridized carbons (Fsp3) is 0.727. The highest BCUT2D eigenvalue weighted by atomic mass is 35.5. The minimum atomic E-state index is -1.30.